The SMILES string of the molecule is O=C(N[C@H](Nc1ccc([N+](=O)[O-])cc1)C(=O)c1ccccc1)c1ccccc1. The number of anilines is 1. The summed E-state index contributed by atoms with van der Waals surface area (Å²) < 4.78 is 0. The number of amides is 1. The van der Waals surface area contributed by atoms with Gasteiger partial charge in [-0.2, -0.15) is 0 Å². The Labute approximate surface area is 161 Å². The van der Waals surface area contributed by atoms with E-state index >= 15 is 0 Å². The second kappa shape index (κ2) is 8.59. The lowest BCUT2D eigenvalue weighted by atomic mass is 10.1. The number of nitrogens with one attached hydrogen (secondary N) is 2. The molecule has 1 amide bonds. The third kappa shape index (κ3) is 4.59. The Kier molecular flexibility index (Phi) is 5.76. The standard InChI is InChI=1S/C21H17N3O4/c25-19(15-7-3-1-4-8-15)20(23-21(26)16-9-5-2-6-10-16)22-17-11-13-18(14-12-17)24(27)28/h1-14,20,22H,(H,23,26)/t20-/m0/s1. The molecule has 3 rings (SSSR count). The molecular weight excluding hydrogens is 358 g/mol. The molecule has 1 atom stereocenters. The van der Waals surface area contributed by atoms with Crippen molar-refractivity contribution in [2.75, 3.05) is 5.32 Å². The summed E-state index contributed by atoms with van der Waals surface area (Å²) in [5, 5.41) is 16.4. The summed E-state index contributed by atoms with van der Waals surface area (Å²) in [6.45, 7) is 0. The van der Waals surface area contributed by atoms with Gasteiger partial charge in [0.05, 0.1) is 4.92 Å². The third-order valence-corrected chi connectivity index (χ3v) is 4.02. The highest BCUT2D eigenvalue weighted by molar-refractivity contribution is 6.05. The van der Waals surface area contributed by atoms with Gasteiger partial charge in [0.25, 0.3) is 11.6 Å². The lowest BCUT2D eigenvalue weighted by molar-refractivity contribution is -0.384. The Bertz CT molecular complexity index is 974. The average Bonchev–Trinajstić information content (AvgIpc) is 2.74. The van der Waals surface area contributed by atoms with E-state index in [9.17, 15) is 19.7 Å². The number of rotatable bonds is 7. The minimum atomic E-state index is -1.04. The Hall–Kier alpha value is -4.00. The number of non-ortho nitro benzene ring substituents is 1. The summed E-state index contributed by atoms with van der Waals surface area (Å²) in [7, 11) is 0. The first-order chi connectivity index (χ1) is 13.5. The highest BCUT2D eigenvalue weighted by Gasteiger charge is 2.23. The van der Waals surface area contributed by atoms with Gasteiger partial charge < -0.3 is 10.6 Å². The Morgan fingerprint density at radius 3 is 1.86 bits per heavy atom. The van der Waals surface area contributed by atoms with Gasteiger partial charge >= 0.3 is 0 Å². The number of carbonyl (C=O) groups excluding carboxylic acids is 2. The van der Waals surface area contributed by atoms with Crippen molar-refractivity contribution in [2.24, 2.45) is 0 Å². The lowest BCUT2D eigenvalue weighted by Crippen LogP contribution is -2.46. The average molecular weight is 375 g/mol. The molecule has 0 aliphatic rings. The smallest absolute Gasteiger partial charge is 0.269 e. The summed E-state index contributed by atoms with van der Waals surface area (Å²) in [5.41, 5.74) is 1.24. The number of ketones is 1. The molecule has 7 heteroatoms. The van der Waals surface area contributed by atoms with E-state index in [4.69, 9.17) is 0 Å². The number of nitro groups is 1. The molecule has 0 aliphatic carbocycles. The Morgan fingerprint density at radius 2 is 1.32 bits per heavy atom. The number of Topliss-reactive ketones (excluding diaryl/α,β-unsaturated/α-hetero) is 1. The summed E-state index contributed by atoms with van der Waals surface area (Å²) in [6.07, 6.45) is -1.04. The third-order valence-electron chi connectivity index (χ3n) is 4.02. The van der Waals surface area contributed by atoms with Gasteiger partial charge in [-0.25, -0.2) is 0 Å². The van der Waals surface area contributed by atoms with Gasteiger partial charge in [-0.1, -0.05) is 48.5 Å². The van der Waals surface area contributed by atoms with Crippen molar-refractivity contribution in [3.8, 4) is 0 Å². The van der Waals surface area contributed by atoms with E-state index in [0.717, 1.165) is 0 Å². The number of nitrogens with zero attached hydrogens (tertiary/aromatic N) is 1. The lowest BCUT2D eigenvalue weighted by Gasteiger charge is -2.20. The van der Waals surface area contributed by atoms with Gasteiger partial charge in [-0.05, 0) is 24.3 Å². The molecule has 0 heterocycles. The largest absolute Gasteiger partial charge is 0.359 e. The van der Waals surface area contributed by atoms with Crippen LogP contribution in [0, 0.1) is 10.1 Å². The predicted molar refractivity (Wildman–Crippen MR) is 105 cm³/mol. The van der Waals surface area contributed by atoms with E-state index in [1.165, 1.54) is 24.3 Å². The van der Waals surface area contributed by atoms with Crippen LogP contribution in [0.25, 0.3) is 0 Å². The second-order valence-corrected chi connectivity index (χ2v) is 5.95. The van der Waals surface area contributed by atoms with Gasteiger partial charge in [0.2, 0.25) is 5.78 Å². The molecule has 0 bridgehead atoms. The van der Waals surface area contributed by atoms with E-state index < -0.39 is 17.0 Å². The van der Waals surface area contributed by atoms with Gasteiger partial charge in [0.15, 0.2) is 6.17 Å². The van der Waals surface area contributed by atoms with Crippen LogP contribution in [-0.2, 0) is 0 Å². The van der Waals surface area contributed by atoms with Crippen LogP contribution in [0.3, 0.4) is 0 Å². The molecule has 7 nitrogen and oxygen atoms in total. The maximum Gasteiger partial charge on any atom is 0.269 e. The molecule has 0 saturated heterocycles. The topological polar surface area (TPSA) is 101 Å². The van der Waals surface area contributed by atoms with Crippen molar-refractivity contribution in [3.05, 3.63) is 106 Å². The monoisotopic (exact) mass is 375 g/mol. The van der Waals surface area contributed by atoms with Crippen molar-refractivity contribution in [3.63, 3.8) is 0 Å². The highest BCUT2D eigenvalue weighted by atomic mass is 16.6. The summed E-state index contributed by atoms with van der Waals surface area (Å²) in [6, 6.07) is 22.7. The number of nitro benzene ring substituents is 1. The van der Waals surface area contributed by atoms with E-state index in [1.807, 2.05) is 0 Å². The van der Waals surface area contributed by atoms with Gasteiger partial charge in [-0.3, -0.25) is 19.7 Å². The van der Waals surface area contributed by atoms with Crippen LogP contribution in [0.2, 0.25) is 0 Å². The van der Waals surface area contributed by atoms with Crippen LogP contribution in [0.4, 0.5) is 11.4 Å². The molecule has 28 heavy (non-hydrogen) atoms. The van der Waals surface area contributed by atoms with E-state index in [1.54, 1.807) is 60.7 Å². The molecule has 3 aromatic carbocycles. The van der Waals surface area contributed by atoms with Crippen molar-refractivity contribution in [1.29, 1.82) is 0 Å². The van der Waals surface area contributed by atoms with E-state index in [2.05, 4.69) is 10.6 Å². The van der Waals surface area contributed by atoms with Crippen LogP contribution < -0.4 is 10.6 Å². The molecule has 0 aliphatic heterocycles. The fraction of sp³-hybridized carbons (Fsp3) is 0.0476. The molecule has 0 radical (unpaired) electrons. The van der Waals surface area contributed by atoms with Crippen LogP contribution in [0.5, 0.6) is 0 Å². The number of carbonyl (C=O) groups is 2. The first kappa shape index (κ1) is 18.8. The Balaban J connectivity index is 1.84. The van der Waals surface area contributed by atoms with Crippen molar-refractivity contribution < 1.29 is 14.5 Å². The van der Waals surface area contributed by atoms with Crippen molar-refractivity contribution in [1.82, 2.24) is 5.32 Å². The number of benzene rings is 3. The molecule has 3 aromatic rings. The first-order valence-corrected chi connectivity index (χ1v) is 8.51. The second-order valence-electron chi connectivity index (χ2n) is 5.95. The fourth-order valence-electron chi connectivity index (χ4n) is 2.59. The first-order valence-electron chi connectivity index (χ1n) is 8.51. The van der Waals surface area contributed by atoms with Crippen LogP contribution in [0.15, 0.2) is 84.9 Å². The maximum absolute atomic E-state index is 12.9. The van der Waals surface area contributed by atoms with Gasteiger partial charge in [0, 0.05) is 28.9 Å². The van der Waals surface area contributed by atoms with E-state index in [-0.39, 0.29) is 11.5 Å². The molecule has 140 valence electrons. The quantitative estimate of drug-likeness (QED) is 0.284. The zero-order valence-electron chi connectivity index (χ0n) is 14.7. The Morgan fingerprint density at radius 1 is 0.786 bits per heavy atom. The zero-order valence-corrected chi connectivity index (χ0v) is 14.7. The minimum absolute atomic E-state index is 0.0650. The normalized spacial score (nSPS) is 11.3. The molecule has 2 N–H and O–H groups in total. The van der Waals surface area contributed by atoms with Gasteiger partial charge in [-0.15, -0.1) is 0 Å². The maximum atomic E-state index is 12.9. The molecule has 0 spiro atoms. The minimum Gasteiger partial charge on any atom is -0.359 e. The summed E-state index contributed by atoms with van der Waals surface area (Å²) in [5.74, 6) is -0.743. The van der Waals surface area contributed by atoms with Crippen LogP contribution >= 0.6 is 0 Å². The summed E-state index contributed by atoms with van der Waals surface area (Å²) in [4.78, 5) is 35.7. The zero-order chi connectivity index (χ0) is 19.9. The fourth-order valence-corrected chi connectivity index (χ4v) is 2.59. The van der Waals surface area contributed by atoms with E-state index in [0.29, 0.717) is 16.8 Å². The van der Waals surface area contributed by atoms with Crippen LogP contribution in [0.1, 0.15) is 20.7 Å². The molecular formula is C21H17N3O4. The molecule has 0 unspecified atom stereocenters. The molecule has 0 saturated carbocycles. The predicted octanol–water partition coefficient (Wildman–Crippen LogP) is 3.65. The van der Waals surface area contributed by atoms with Crippen molar-refractivity contribution in [2.45, 2.75) is 6.17 Å². The molecule has 0 aromatic heterocycles. The van der Waals surface area contributed by atoms with Crippen molar-refractivity contribution >= 4 is 23.1 Å². The highest BCUT2D eigenvalue weighted by Crippen LogP contribution is 2.17. The number of hydrogen-bond donors (Lipinski definition) is 2. The molecule has 0 fully saturated rings. The van der Waals surface area contributed by atoms with Gasteiger partial charge in [0.1, 0.15) is 0 Å². The summed E-state index contributed by atoms with van der Waals surface area (Å²) >= 11 is 0. The number of hydrogen-bond acceptors (Lipinski definition) is 5. The van der Waals surface area contributed by atoms with Crippen LogP contribution in [-0.4, -0.2) is 22.8 Å².